The Hall–Kier alpha value is -1.14. The predicted molar refractivity (Wildman–Crippen MR) is 78.6 cm³/mol. The van der Waals surface area contributed by atoms with Gasteiger partial charge in [-0.25, -0.2) is 4.79 Å². The highest BCUT2D eigenvalue weighted by Crippen LogP contribution is 2.25. The van der Waals surface area contributed by atoms with E-state index in [1.54, 1.807) is 19.9 Å². The summed E-state index contributed by atoms with van der Waals surface area (Å²) in [5.41, 5.74) is 1.59. The average molecular weight is 305 g/mol. The summed E-state index contributed by atoms with van der Waals surface area (Å²) in [6.45, 7) is 4.92. The number of aryl methyl sites for hydroxylation is 1. The number of thioether (sulfide) groups is 1. The van der Waals surface area contributed by atoms with Crippen molar-refractivity contribution in [2.75, 3.05) is 29.5 Å². The Bertz CT molecular complexity index is 490. The van der Waals surface area contributed by atoms with Gasteiger partial charge in [-0.15, -0.1) is 12.4 Å². The summed E-state index contributed by atoms with van der Waals surface area (Å²) in [4.78, 5) is 13.4. The molecule has 0 aromatic carbocycles. The fraction of sp³-hybridized carbons (Fsp3) is 0.500. The number of carboxylic acids is 1. The van der Waals surface area contributed by atoms with Gasteiger partial charge in [0.1, 0.15) is 0 Å². The molecular formula is C12H17ClN2O3S. The Morgan fingerprint density at radius 2 is 2.00 bits per heavy atom. The van der Waals surface area contributed by atoms with E-state index in [-0.39, 0.29) is 23.7 Å². The molecule has 1 saturated heterocycles. The number of carbonyl (C=O) groups is 1. The molecule has 0 unspecified atom stereocenters. The van der Waals surface area contributed by atoms with Crippen molar-refractivity contribution in [1.29, 1.82) is 0 Å². The minimum atomic E-state index is -1.04. The molecule has 1 aromatic heterocycles. The quantitative estimate of drug-likeness (QED) is 0.664. The average Bonchev–Trinajstić information content (AvgIpc) is 2.36. The SMILES string of the molecule is Cc1cc(N2CCSCC2)c(C(=O)O)c(C)[n+]1[O-].Cl. The first-order valence-electron chi connectivity index (χ1n) is 5.82. The maximum absolute atomic E-state index is 11.8. The molecule has 5 nitrogen and oxygen atoms in total. The maximum Gasteiger partial charge on any atom is 0.344 e. The molecule has 1 aliphatic rings. The van der Waals surface area contributed by atoms with Crippen LogP contribution in [0.4, 0.5) is 5.69 Å². The lowest BCUT2D eigenvalue weighted by Gasteiger charge is -2.29. The minimum absolute atomic E-state index is 0. The number of carboxylic acid groups (broad SMARTS) is 1. The first-order valence-corrected chi connectivity index (χ1v) is 6.97. The van der Waals surface area contributed by atoms with E-state index in [4.69, 9.17) is 0 Å². The van der Waals surface area contributed by atoms with Crippen LogP contribution in [-0.4, -0.2) is 35.7 Å². The molecule has 0 atom stereocenters. The van der Waals surface area contributed by atoms with Crippen LogP contribution in [0.2, 0.25) is 0 Å². The first-order chi connectivity index (χ1) is 8.52. The topological polar surface area (TPSA) is 67.5 Å². The Morgan fingerprint density at radius 1 is 1.42 bits per heavy atom. The number of aromatic carboxylic acids is 1. The Balaban J connectivity index is 0.00000180. The first kappa shape index (κ1) is 15.9. The summed E-state index contributed by atoms with van der Waals surface area (Å²) in [5.74, 6) is 0.942. The van der Waals surface area contributed by atoms with E-state index in [2.05, 4.69) is 4.90 Å². The third kappa shape index (κ3) is 3.06. The lowest BCUT2D eigenvalue weighted by Crippen LogP contribution is -2.40. The van der Waals surface area contributed by atoms with Gasteiger partial charge in [0.05, 0.1) is 5.69 Å². The monoisotopic (exact) mass is 304 g/mol. The van der Waals surface area contributed by atoms with E-state index >= 15 is 0 Å². The van der Waals surface area contributed by atoms with Crippen LogP contribution in [0.15, 0.2) is 6.07 Å². The zero-order valence-corrected chi connectivity index (χ0v) is 12.5. The fourth-order valence-electron chi connectivity index (χ4n) is 2.20. The molecule has 0 aliphatic carbocycles. The maximum atomic E-state index is 11.8. The third-order valence-electron chi connectivity index (χ3n) is 3.15. The van der Waals surface area contributed by atoms with Crippen molar-refractivity contribution >= 4 is 35.8 Å². The van der Waals surface area contributed by atoms with Crippen molar-refractivity contribution in [3.05, 3.63) is 28.2 Å². The second-order valence-corrected chi connectivity index (χ2v) is 5.56. The van der Waals surface area contributed by atoms with Crippen LogP contribution < -0.4 is 9.63 Å². The summed E-state index contributed by atoms with van der Waals surface area (Å²) < 4.78 is 0.686. The number of hydrogen-bond acceptors (Lipinski definition) is 4. The zero-order valence-electron chi connectivity index (χ0n) is 10.9. The van der Waals surface area contributed by atoms with Gasteiger partial charge < -0.3 is 15.2 Å². The summed E-state index contributed by atoms with van der Waals surface area (Å²) in [5, 5.41) is 21.1. The summed E-state index contributed by atoms with van der Waals surface area (Å²) >= 11 is 1.86. The molecule has 1 fully saturated rings. The summed E-state index contributed by atoms with van der Waals surface area (Å²) in [6.07, 6.45) is 0. The van der Waals surface area contributed by atoms with Gasteiger partial charge in [0.15, 0.2) is 11.3 Å². The number of anilines is 1. The van der Waals surface area contributed by atoms with Crippen molar-refractivity contribution in [1.82, 2.24) is 0 Å². The van der Waals surface area contributed by atoms with Crippen molar-refractivity contribution < 1.29 is 14.6 Å². The lowest BCUT2D eigenvalue weighted by atomic mass is 10.1. The number of halogens is 1. The van der Waals surface area contributed by atoms with E-state index < -0.39 is 5.97 Å². The third-order valence-corrected chi connectivity index (χ3v) is 4.10. The zero-order chi connectivity index (χ0) is 13.3. The highest BCUT2D eigenvalue weighted by Gasteiger charge is 2.26. The molecule has 0 bridgehead atoms. The predicted octanol–water partition coefficient (Wildman–Crippen LogP) is 1.61. The highest BCUT2D eigenvalue weighted by atomic mass is 35.5. The van der Waals surface area contributed by atoms with Crippen molar-refractivity contribution in [3.8, 4) is 0 Å². The van der Waals surface area contributed by atoms with E-state index in [9.17, 15) is 15.1 Å². The normalized spacial score (nSPS) is 14.9. The molecule has 1 N–H and O–H groups in total. The molecule has 0 saturated carbocycles. The van der Waals surface area contributed by atoms with Crippen LogP contribution in [-0.2, 0) is 0 Å². The fourth-order valence-corrected chi connectivity index (χ4v) is 3.10. The van der Waals surface area contributed by atoms with Crippen LogP contribution in [0.25, 0.3) is 0 Å². The van der Waals surface area contributed by atoms with Gasteiger partial charge in [-0.05, 0) is 0 Å². The van der Waals surface area contributed by atoms with Gasteiger partial charge >= 0.3 is 5.97 Å². The lowest BCUT2D eigenvalue weighted by molar-refractivity contribution is -0.619. The van der Waals surface area contributed by atoms with Crippen molar-refractivity contribution in [3.63, 3.8) is 0 Å². The molecular weight excluding hydrogens is 288 g/mol. The molecule has 1 aromatic rings. The summed E-state index contributed by atoms with van der Waals surface area (Å²) in [7, 11) is 0. The van der Waals surface area contributed by atoms with E-state index in [0.29, 0.717) is 16.1 Å². The number of pyridine rings is 1. The Morgan fingerprint density at radius 3 is 2.53 bits per heavy atom. The van der Waals surface area contributed by atoms with E-state index in [0.717, 1.165) is 24.6 Å². The second-order valence-electron chi connectivity index (χ2n) is 4.33. The van der Waals surface area contributed by atoms with E-state index in [1.807, 2.05) is 11.8 Å². The molecule has 0 radical (unpaired) electrons. The Kier molecular flexibility index (Phi) is 5.31. The highest BCUT2D eigenvalue weighted by molar-refractivity contribution is 7.99. The van der Waals surface area contributed by atoms with Gasteiger partial charge in [-0.1, -0.05) is 0 Å². The second kappa shape index (κ2) is 6.34. The smallest absolute Gasteiger partial charge is 0.344 e. The van der Waals surface area contributed by atoms with Gasteiger partial charge in [0, 0.05) is 44.5 Å². The molecule has 0 amide bonds. The van der Waals surface area contributed by atoms with Gasteiger partial charge in [-0.2, -0.15) is 16.5 Å². The largest absolute Gasteiger partial charge is 0.618 e. The van der Waals surface area contributed by atoms with Crippen LogP contribution >= 0.6 is 24.2 Å². The number of rotatable bonds is 2. The molecule has 2 heterocycles. The van der Waals surface area contributed by atoms with Gasteiger partial charge in [0.25, 0.3) is 0 Å². The molecule has 19 heavy (non-hydrogen) atoms. The van der Waals surface area contributed by atoms with Crippen LogP contribution in [0.5, 0.6) is 0 Å². The standard InChI is InChI=1S/C12H16N2O3S.ClH/c1-8-7-10(13-3-5-18-6-4-13)11(12(15)16)9(2)14(8)17;/h7H,3-6H2,1-2H3,(H,15,16);1H. The number of hydrogen-bond donors (Lipinski definition) is 1. The van der Waals surface area contributed by atoms with Gasteiger partial charge in [-0.3, -0.25) is 0 Å². The Labute approximate surface area is 122 Å². The molecule has 0 spiro atoms. The van der Waals surface area contributed by atoms with Crippen LogP contribution in [0, 0.1) is 19.1 Å². The molecule has 2 rings (SSSR count). The van der Waals surface area contributed by atoms with Crippen molar-refractivity contribution in [2.45, 2.75) is 13.8 Å². The van der Waals surface area contributed by atoms with Gasteiger partial charge in [0.2, 0.25) is 5.69 Å². The molecule has 1 aliphatic heterocycles. The summed E-state index contributed by atoms with van der Waals surface area (Å²) in [6, 6.07) is 1.68. The van der Waals surface area contributed by atoms with Crippen LogP contribution in [0.3, 0.4) is 0 Å². The van der Waals surface area contributed by atoms with E-state index in [1.165, 1.54) is 0 Å². The van der Waals surface area contributed by atoms with Crippen molar-refractivity contribution in [2.24, 2.45) is 0 Å². The molecule has 7 heteroatoms. The number of nitrogens with zero attached hydrogens (tertiary/aromatic N) is 2. The minimum Gasteiger partial charge on any atom is -0.618 e. The molecule has 106 valence electrons. The number of aromatic nitrogens is 1. The van der Waals surface area contributed by atoms with Crippen LogP contribution in [0.1, 0.15) is 21.7 Å².